The Morgan fingerprint density at radius 1 is 0.933 bits per heavy atom. The lowest BCUT2D eigenvalue weighted by molar-refractivity contribution is -0.116. The Kier molecular flexibility index (Phi) is 5.23. The second-order valence-electron chi connectivity index (χ2n) is 13.4. The summed E-state index contributed by atoms with van der Waals surface area (Å²) in [5, 5.41) is 10.4. The molecular weight excluding hydrogens is 368 g/mol. The van der Waals surface area contributed by atoms with Crippen LogP contribution in [0.15, 0.2) is 0 Å². The highest BCUT2D eigenvalue weighted by molar-refractivity contribution is 5.24. The highest BCUT2D eigenvalue weighted by Gasteiger charge is 2.76. The van der Waals surface area contributed by atoms with Crippen LogP contribution in [0, 0.1) is 52.3 Å². The van der Waals surface area contributed by atoms with Crippen molar-refractivity contribution < 1.29 is 9.84 Å². The van der Waals surface area contributed by atoms with Gasteiger partial charge in [0.1, 0.15) is 5.60 Å². The fourth-order valence-electron chi connectivity index (χ4n) is 9.69. The summed E-state index contributed by atoms with van der Waals surface area (Å²) in [6.07, 6.45) is 13.3. The Labute approximate surface area is 185 Å². The van der Waals surface area contributed by atoms with Crippen molar-refractivity contribution in [1.29, 1.82) is 0 Å². The number of hydrogen-bond acceptors (Lipinski definition) is 2. The number of aliphatic hydroxyl groups is 1. The van der Waals surface area contributed by atoms with Gasteiger partial charge in [-0.3, -0.25) is 0 Å². The molecule has 5 aliphatic rings. The molecule has 30 heavy (non-hydrogen) atoms. The van der Waals surface area contributed by atoms with Gasteiger partial charge in [0.25, 0.3) is 0 Å². The van der Waals surface area contributed by atoms with Crippen LogP contribution in [0.4, 0.5) is 0 Å². The van der Waals surface area contributed by atoms with Crippen molar-refractivity contribution >= 4 is 0 Å². The van der Waals surface area contributed by atoms with Crippen molar-refractivity contribution in [3.8, 4) is 0 Å². The Morgan fingerprint density at radius 2 is 1.70 bits per heavy atom. The maximum Gasteiger partial charge on any atom is 0.103 e. The van der Waals surface area contributed by atoms with Crippen LogP contribution < -0.4 is 0 Å². The van der Waals surface area contributed by atoms with E-state index in [0.717, 1.165) is 54.3 Å². The standard InChI is InChI=1S/C28H48O2/c1-17(2)18(3)7-8-19(4)22-9-10-23-21-15-25-28(30-25)16-20(29)11-14-27(28,6)24(21)12-13-26(22,23)5/h17-25,29H,7-16H2,1-6H3. The molecule has 2 heteroatoms. The molecule has 5 fully saturated rings. The summed E-state index contributed by atoms with van der Waals surface area (Å²) in [4.78, 5) is 0. The summed E-state index contributed by atoms with van der Waals surface area (Å²) in [5.41, 5.74) is 0.913. The molecule has 4 saturated carbocycles. The summed E-state index contributed by atoms with van der Waals surface area (Å²) < 4.78 is 6.52. The molecule has 5 rings (SSSR count). The molecule has 1 spiro atoms. The van der Waals surface area contributed by atoms with Crippen LogP contribution in [0.5, 0.6) is 0 Å². The lowest BCUT2D eigenvalue weighted by Crippen LogP contribution is -2.58. The van der Waals surface area contributed by atoms with Gasteiger partial charge in [0.2, 0.25) is 0 Å². The second-order valence-corrected chi connectivity index (χ2v) is 13.4. The first-order chi connectivity index (χ1) is 14.1. The molecule has 0 aromatic rings. The zero-order chi connectivity index (χ0) is 21.5. The highest BCUT2D eigenvalue weighted by atomic mass is 16.6. The van der Waals surface area contributed by atoms with Gasteiger partial charge in [-0.15, -0.1) is 0 Å². The van der Waals surface area contributed by atoms with E-state index in [4.69, 9.17) is 4.74 Å². The Hall–Kier alpha value is -0.0800. The topological polar surface area (TPSA) is 32.8 Å². The third-order valence-electron chi connectivity index (χ3n) is 12.0. The first-order valence-corrected chi connectivity index (χ1v) is 13.5. The first-order valence-electron chi connectivity index (χ1n) is 13.5. The zero-order valence-electron chi connectivity index (χ0n) is 20.6. The largest absolute Gasteiger partial charge is 0.393 e. The van der Waals surface area contributed by atoms with Crippen LogP contribution in [0.3, 0.4) is 0 Å². The molecule has 172 valence electrons. The van der Waals surface area contributed by atoms with Crippen molar-refractivity contribution in [1.82, 2.24) is 0 Å². The van der Waals surface area contributed by atoms with Gasteiger partial charge in [0.05, 0.1) is 12.2 Å². The van der Waals surface area contributed by atoms with E-state index in [2.05, 4.69) is 41.5 Å². The average Bonchev–Trinajstić information content (AvgIpc) is 3.27. The number of fused-ring (bicyclic) bond motifs is 4. The van der Waals surface area contributed by atoms with Crippen LogP contribution in [-0.2, 0) is 4.74 Å². The van der Waals surface area contributed by atoms with Crippen LogP contribution >= 0.6 is 0 Å². The van der Waals surface area contributed by atoms with E-state index in [0.29, 0.717) is 16.9 Å². The van der Waals surface area contributed by atoms with Crippen molar-refractivity contribution in [2.45, 2.75) is 124 Å². The second kappa shape index (κ2) is 7.21. The monoisotopic (exact) mass is 416 g/mol. The van der Waals surface area contributed by atoms with Crippen LogP contribution in [0.25, 0.3) is 0 Å². The van der Waals surface area contributed by atoms with E-state index in [1.54, 1.807) is 0 Å². The van der Waals surface area contributed by atoms with Crippen LogP contribution in [0.2, 0.25) is 0 Å². The van der Waals surface area contributed by atoms with Crippen molar-refractivity contribution in [3.05, 3.63) is 0 Å². The van der Waals surface area contributed by atoms with E-state index >= 15 is 0 Å². The molecule has 11 unspecified atom stereocenters. The van der Waals surface area contributed by atoms with Gasteiger partial charge in [-0.1, -0.05) is 54.4 Å². The minimum atomic E-state index is -0.126. The lowest BCUT2D eigenvalue weighted by atomic mass is 9.44. The third kappa shape index (κ3) is 2.94. The SMILES string of the molecule is CC(C)C(C)CCC(C)C1CCC2C3CC4OC45CC(O)CCC5(C)C3CCC12C. The molecule has 11 atom stereocenters. The average molecular weight is 417 g/mol. The first kappa shape index (κ1) is 21.7. The molecule has 1 heterocycles. The predicted molar refractivity (Wildman–Crippen MR) is 123 cm³/mol. The lowest BCUT2D eigenvalue weighted by Gasteiger charge is -2.59. The Morgan fingerprint density at radius 3 is 2.43 bits per heavy atom. The van der Waals surface area contributed by atoms with E-state index in [1.807, 2.05) is 0 Å². The molecule has 0 bridgehead atoms. The molecule has 4 aliphatic carbocycles. The number of hydrogen-bond donors (Lipinski definition) is 1. The molecule has 0 aromatic heterocycles. The van der Waals surface area contributed by atoms with Gasteiger partial charge in [-0.25, -0.2) is 0 Å². The maximum absolute atomic E-state index is 10.4. The quantitative estimate of drug-likeness (QED) is 0.497. The predicted octanol–water partition coefficient (Wildman–Crippen LogP) is 6.85. The maximum atomic E-state index is 10.4. The minimum absolute atomic E-state index is 0.0395. The van der Waals surface area contributed by atoms with Gasteiger partial charge < -0.3 is 9.84 Å². The molecule has 1 aliphatic heterocycles. The Balaban J connectivity index is 1.32. The summed E-state index contributed by atoms with van der Waals surface area (Å²) in [6, 6.07) is 0. The molecule has 0 radical (unpaired) electrons. The molecule has 1 saturated heterocycles. The van der Waals surface area contributed by atoms with Crippen LogP contribution in [0.1, 0.15) is 106 Å². The number of rotatable bonds is 5. The summed E-state index contributed by atoms with van der Waals surface area (Å²) >= 11 is 0. The molecule has 0 amide bonds. The fraction of sp³-hybridized carbons (Fsp3) is 1.00. The summed E-state index contributed by atoms with van der Waals surface area (Å²) in [5.74, 6) is 6.09. The van der Waals surface area contributed by atoms with Crippen molar-refractivity contribution in [2.24, 2.45) is 52.3 Å². The smallest absolute Gasteiger partial charge is 0.103 e. The molecule has 2 nitrogen and oxygen atoms in total. The van der Waals surface area contributed by atoms with Gasteiger partial charge in [-0.05, 0) is 91.8 Å². The molecule has 1 N–H and O–H groups in total. The fourth-order valence-corrected chi connectivity index (χ4v) is 9.69. The van der Waals surface area contributed by atoms with Gasteiger partial charge in [0.15, 0.2) is 0 Å². The zero-order valence-corrected chi connectivity index (χ0v) is 20.6. The van der Waals surface area contributed by atoms with Crippen LogP contribution in [-0.4, -0.2) is 22.9 Å². The normalized spacial score (nSPS) is 54.0. The van der Waals surface area contributed by atoms with E-state index in [9.17, 15) is 5.11 Å². The van der Waals surface area contributed by atoms with Gasteiger partial charge >= 0.3 is 0 Å². The van der Waals surface area contributed by atoms with E-state index in [1.165, 1.54) is 51.4 Å². The molecule has 0 aromatic carbocycles. The highest BCUT2D eigenvalue weighted by Crippen LogP contribution is 2.74. The number of ether oxygens (including phenoxy) is 1. The number of aliphatic hydroxyl groups excluding tert-OH is 1. The van der Waals surface area contributed by atoms with E-state index < -0.39 is 0 Å². The Bertz CT molecular complexity index is 659. The van der Waals surface area contributed by atoms with Gasteiger partial charge in [0, 0.05) is 11.8 Å². The summed E-state index contributed by atoms with van der Waals surface area (Å²) in [6.45, 7) is 15.1. The number of epoxide rings is 1. The van der Waals surface area contributed by atoms with E-state index in [-0.39, 0.29) is 11.7 Å². The molecular formula is C28H48O2. The van der Waals surface area contributed by atoms with Crippen molar-refractivity contribution in [3.63, 3.8) is 0 Å². The third-order valence-corrected chi connectivity index (χ3v) is 12.0. The van der Waals surface area contributed by atoms with Gasteiger partial charge in [-0.2, -0.15) is 0 Å². The summed E-state index contributed by atoms with van der Waals surface area (Å²) in [7, 11) is 0. The van der Waals surface area contributed by atoms with Crippen molar-refractivity contribution in [2.75, 3.05) is 0 Å². The minimum Gasteiger partial charge on any atom is -0.393 e.